The number of methoxy groups -OCH3 is 1. The van der Waals surface area contributed by atoms with Crippen LogP contribution in [0.4, 0.5) is 0 Å². The van der Waals surface area contributed by atoms with Gasteiger partial charge in [-0.2, -0.15) is 11.3 Å². The van der Waals surface area contributed by atoms with E-state index >= 15 is 0 Å². The van der Waals surface area contributed by atoms with E-state index in [1.807, 2.05) is 24.3 Å². The molecule has 2 N–H and O–H groups in total. The average Bonchev–Trinajstić information content (AvgIpc) is 3.12. The normalized spacial score (nSPS) is 12.7. The van der Waals surface area contributed by atoms with Gasteiger partial charge in [0.1, 0.15) is 5.75 Å². The monoisotopic (exact) mass is 331 g/mol. The predicted octanol–water partition coefficient (Wildman–Crippen LogP) is 3.62. The molecule has 0 fully saturated rings. The fraction of sp³-hybridized carbons (Fsp3) is 0.389. The molecule has 0 saturated carbocycles. The van der Waals surface area contributed by atoms with Crippen molar-refractivity contribution in [2.45, 2.75) is 26.3 Å². The van der Waals surface area contributed by atoms with Crippen molar-refractivity contribution in [2.75, 3.05) is 20.2 Å². The number of rotatable bonds is 7. The number of aliphatic imine (C=N–C) groups is 1. The van der Waals surface area contributed by atoms with Crippen LogP contribution in [0.5, 0.6) is 5.75 Å². The number of hydrogen-bond acceptors (Lipinski definition) is 3. The zero-order valence-electron chi connectivity index (χ0n) is 14.0. The molecular weight excluding hydrogens is 306 g/mol. The molecule has 4 nitrogen and oxygen atoms in total. The predicted molar refractivity (Wildman–Crippen MR) is 98.5 cm³/mol. The number of thiophene rings is 1. The molecule has 2 aromatic rings. The highest BCUT2D eigenvalue weighted by molar-refractivity contribution is 7.07. The summed E-state index contributed by atoms with van der Waals surface area (Å²) in [5, 5.41) is 11.0. The summed E-state index contributed by atoms with van der Waals surface area (Å²) < 4.78 is 5.17. The molecular formula is C18H25N3OS. The Balaban J connectivity index is 1.90. The summed E-state index contributed by atoms with van der Waals surface area (Å²) in [4.78, 5) is 4.65. The van der Waals surface area contributed by atoms with Crippen molar-refractivity contribution in [3.63, 3.8) is 0 Å². The molecule has 1 aromatic carbocycles. The van der Waals surface area contributed by atoms with E-state index in [0.29, 0.717) is 12.5 Å². The van der Waals surface area contributed by atoms with Crippen molar-refractivity contribution < 1.29 is 4.74 Å². The number of hydrogen-bond donors (Lipinski definition) is 2. The van der Waals surface area contributed by atoms with Crippen molar-refractivity contribution in [3.8, 4) is 5.75 Å². The highest BCUT2D eigenvalue weighted by Crippen LogP contribution is 2.17. The molecule has 0 saturated heterocycles. The highest BCUT2D eigenvalue weighted by Gasteiger charge is 2.07. The third-order valence-electron chi connectivity index (χ3n) is 3.61. The summed E-state index contributed by atoms with van der Waals surface area (Å²) in [7, 11) is 1.68. The standard InChI is InChI=1S/C18H25N3OS/c1-4-19-18(20-11-14(2)16-9-10-23-13-16)21-12-15-5-7-17(22-3)8-6-15/h5-10,13-14H,4,11-12H2,1-3H3,(H2,19,20,21). The van der Waals surface area contributed by atoms with Crippen LogP contribution in [0.25, 0.3) is 0 Å². The van der Waals surface area contributed by atoms with E-state index in [1.165, 1.54) is 5.56 Å². The highest BCUT2D eigenvalue weighted by atomic mass is 32.1. The van der Waals surface area contributed by atoms with Gasteiger partial charge in [0.2, 0.25) is 0 Å². The topological polar surface area (TPSA) is 45.7 Å². The molecule has 2 rings (SSSR count). The number of nitrogens with one attached hydrogen (secondary N) is 2. The lowest BCUT2D eigenvalue weighted by atomic mass is 10.1. The van der Waals surface area contributed by atoms with Crippen LogP contribution in [0.2, 0.25) is 0 Å². The second kappa shape index (κ2) is 9.20. The van der Waals surface area contributed by atoms with Crippen LogP contribution in [0.1, 0.15) is 30.9 Å². The van der Waals surface area contributed by atoms with Crippen molar-refractivity contribution in [1.29, 1.82) is 0 Å². The Morgan fingerprint density at radius 2 is 2.00 bits per heavy atom. The Hall–Kier alpha value is -2.01. The van der Waals surface area contributed by atoms with Crippen LogP contribution >= 0.6 is 11.3 Å². The molecule has 0 aliphatic carbocycles. The lowest BCUT2D eigenvalue weighted by Gasteiger charge is -2.15. The van der Waals surface area contributed by atoms with Crippen LogP contribution in [-0.2, 0) is 6.54 Å². The molecule has 1 atom stereocenters. The first-order valence-electron chi connectivity index (χ1n) is 7.90. The Morgan fingerprint density at radius 3 is 2.61 bits per heavy atom. The molecule has 0 radical (unpaired) electrons. The van der Waals surface area contributed by atoms with Gasteiger partial charge in [-0.15, -0.1) is 0 Å². The molecule has 0 bridgehead atoms. The first-order valence-corrected chi connectivity index (χ1v) is 8.84. The molecule has 124 valence electrons. The quantitative estimate of drug-likeness (QED) is 0.602. The minimum Gasteiger partial charge on any atom is -0.497 e. The fourth-order valence-corrected chi connectivity index (χ4v) is 2.95. The SMILES string of the molecule is CCNC(=NCc1ccc(OC)cc1)NCC(C)c1ccsc1. The Labute approximate surface area is 142 Å². The first kappa shape index (κ1) is 17.3. The summed E-state index contributed by atoms with van der Waals surface area (Å²) in [6.07, 6.45) is 0. The van der Waals surface area contributed by atoms with Gasteiger partial charge in [-0.25, -0.2) is 4.99 Å². The van der Waals surface area contributed by atoms with Crippen LogP contribution in [-0.4, -0.2) is 26.2 Å². The smallest absolute Gasteiger partial charge is 0.191 e. The van der Waals surface area contributed by atoms with Crippen molar-refractivity contribution in [1.82, 2.24) is 10.6 Å². The maximum atomic E-state index is 5.17. The molecule has 1 heterocycles. The maximum Gasteiger partial charge on any atom is 0.191 e. The number of ether oxygens (including phenoxy) is 1. The second-order valence-electron chi connectivity index (χ2n) is 5.38. The van der Waals surface area contributed by atoms with Crippen molar-refractivity contribution >= 4 is 17.3 Å². The van der Waals surface area contributed by atoms with Gasteiger partial charge < -0.3 is 15.4 Å². The Morgan fingerprint density at radius 1 is 1.22 bits per heavy atom. The van der Waals surface area contributed by atoms with Gasteiger partial charge in [0, 0.05) is 13.1 Å². The summed E-state index contributed by atoms with van der Waals surface area (Å²) in [5.41, 5.74) is 2.53. The van der Waals surface area contributed by atoms with Gasteiger partial charge in [0.15, 0.2) is 5.96 Å². The van der Waals surface area contributed by atoms with Gasteiger partial charge in [-0.1, -0.05) is 19.1 Å². The minimum absolute atomic E-state index is 0.464. The molecule has 1 aromatic heterocycles. The van der Waals surface area contributed by atoms with E-state index < -0.39 is 0 Å². The third kappa shape index (κ3) is 5.60. The summed E-state index contributed by atoms with van der Waals surface area (Å²) in [6, 6.07) is 10.2. The molecule has 0 amide bonds. The molecule has 0 aliphatic heterocycles. The number of benzene rings is 1. The zero-order chi connectivity index (χ0) is 16.5. The van der Waals surface area contributed by atoms with E-state index in [-0.39, 0.29) is 0 Å². The number of nitrogens with zero attached hydrogens (tertiary/aromatic N) is 1. The van der Waals surface area contributed by atoms with Crippen LogP contribution in [0.3, 0.4) is 0 Å². The van der Waals surface area contributed by atoms with E-state index in [4.69, 9.17) is 4.74 Å². The molecule has 5 heteroatoms. The van der Waals surface area contributed by atoms with Gasteiger partial charge in [0.05, 0.1) is 13.7 Å². The number of guanidine groups is 1. The van der Waals surface area contributed by atoms with Gasteiger partial charge >= 0.3 is 0 Å². The lowest BCUT2D eigenvalue weighted by molar-refractivity contribution is 0.414. The molecule has 1 unspecified atom stereocenters. The Bertz CT molecular complexity index is 593. The second-order valence-corrected chi connectivity index (χ2v) is 6.16. The van der Waals surface area contributed by atoms with Crippen LogP contribution in [0.15, 0.2) is 46.1 Å². The maximum absolute atomic E-state index is 5.17. The van der Waals surface area contributed by atoms with E-state index in [9.17, 15) is 0 Å². The van der Waals surface area contributed by atoms with E-state index in [0.717, 1.165) is 30.4 Å². The lowest BCUT2D eigenvalue weighted by Crippen LogP contribution is -2.39. The van der Waals surface area contributed by atoms with Crippen molar-refractivity contribution in [2.24, 2.45) is 4.99 Å². The van der Waals surface area contributed by atoms with Crippen LogP contribution < -0.4 is 15.4 Å². The molecule has 23 heavy (non-hydrogen) atoms. The summed E-state index contributed by atoms with van der Waals surface area (Å²) in [5.74, 6) is 2.18. The molecule has 0 aliphatic rings. The van der Waals surface area contributed by atoms with Gasteiger partial charge in [-0.3, -0.25) is 0 Å². The third-order valence-corrected chi connectivity index (χ3v) is 4.31. The zero-order valence-corrected chi connectivity index (χ0v) is 14.8. The largest absolute Gasteiger partial charge is 0.497 e. The Kier molecular flexibility index (Phi) is 6.94. The minimum atomic E-state index is 0.464. The summed E-state index contributed by atoms with van der Waals surface area (Å²) >= 11 is 1.74. The van der Waals surface area contributed by atoms with E-state index in [1.54, 1.807) is 18.4 Å². The van der Waals surface area contributed by atoms with Crippen LogP contribution in [0, 0.1) is 0 Å². The van der Waals surface area contributed by atoms with Gasteiger partial charge in [0.25, 0.3) is 0 Å². The van der Waals surface area contributed by atoms with E-state index in [2.05, 4.69) is 46.3 Å². The average molecular weight is 331 g/mol. The van der Waals surface area contributed by atoms with Gasteiger partial charge in [-0.05, 0) is 52.9 Å². The van der Waals surface area contributed by atoms with Crippen molar-refractivity contribution in [3.05, 3.63) is 52.2 Å². The molecule has 0 spiro atoms. The summed E-state index contributed by atoms with van der Waals surface area (Å²) in [6.45, 7) is 6.66. The fourth-order valence-electron chi connectivity index (χ4n) is 2.17. The first-order chi connectivity index (χ1) is 11.2.